The van der Waals surface area contributed by atoms with Crippen LogP contribution in [-0.4, -0.2) is 12.1 Å². The van der Waals surface area contributed by atoms with Gasteiger partial charge in [0.25, 0.3) is 5.91 Å². The van der Waals surface area contributed by atoms with Gasteiger partial charge in [-0.25, -0.2) is 0 Å². The molecule has 16 heavy (non-hydrogen) atoms. The van der Waals surface area contributed by atoms with Crippen LogP contribution in [0.25, 0.3) is 0 Å². The standard InChI is InChI=1S/C13H18N2O/c1-3-4-5-12-14-11-7-6-9(2)8-10(11)13(16)15-12/h6-8,12,14H,3-5H2,1-2H3,(H,15,16). The molecule has 0 spiro atoms. The number of carbonyl (C=O) groups excluding carboxylic acids is 1. The van der Waals surface area contributed by atoms with Gasteiger partial charge in [0.05, 0.1) is 11.7 Å². The van der Waals surface area contributed by atoms with Crippen LogP contribution in [-0.2, 0) is 0 Å². The minimum Gasteiger partial charge on any atom is -0.365 e. The van der Waals surface area contributed by atoms with Gasteiger partial charge in [-0.2, -0.15) is 0 Å². The molecule has 1 amide bonds. The van der Waals surface area contributed by atoms with Crippen LogP contribution in [0, 0.1) is 6.92 Å². The van der Waals surface area contributed by atoms with E-state index in [0.717, 1.165) is 36.1 Å². The summed E-state index contributed by atoms with van der Waals surface area (Å²) in [6.45, 7) is 4.15. The molecule has 1 aromatic carbocycles. The Morgan fingerprint density at radius 1 is 1.31 bits per heavy atom. The molecule has 2 rings (SSSR count). The van der Waals surface area contributed by atoms with Crippen LogP contribution in [0.4, 0.5) is 5.69 Å². The quantitative estimate of drug-likeness (QED) is 0.819. The number of nitrogens with one attached hydrogen (secondary N) is 2. The fourth-order valence-electron chi connectivity index (χ4n) is 1.98. The third-order valence-corrected chi connectivity index (χ3v) is 2.90. The van der Waals surface area contributed by atoms with Gasteiger partial charge in [0.15, 0.2) is 0 Å². The average Bonchev–Trinajstić information content (AvgIpc) is 2.27. The highest BCUT2D eigenvalue weighted by Crippen LogP contribution is 2.22. The Labute approximate surface area is 96.2 Å². The first-order valence-electron chi connectivity index (χ1n) is 5.88. The molecule has 0 radical (unpaired) electrons. The van der Waals surface area contributed by atoms with Crippen LogP contribution in [0.2, 0.25) is 0 Å². The van der Waals surface area contributed by atoms with Crippen molar-refractivity contribution in [2.45, 2.75) is 39.3 Å². The van der Waals surface area contributed by atoms with Crippen molar-refractivity contribution in [3.63, 3.8) is 0 Å². The molecular formula is C13H18N2O. The maximum Gasteiger partial charge on any atom is 0.254 e. The number of benzene rings is 1. The lowest BCUT2D eigenvalue weighted by molar-refractivity contribution is 0.0933. The van der Waals surface area contributed by atoms with Crippen molar-refractivity contribution < 1.29 is 4.79 Å². The van der Waals surface area contributed by atoms with E-state index in [0.29, 0.717) is 0 Å². The molecule has 1 aliphatic heterocycles. The summed E-state index contributed by atoms with van der Waals surface area (Å²) in [6, 6.07) is 5.94. The SMILES string of the molecule is CCCCC1NC(=O)c2cc(C)ccc2N1. The molecule has 1 heterocycles. The number of fused-ring (bicyclic) bond motifs is 1. The van der Waals surface area contributed by atoms with Crippen LogP contribution in [0.5, 0.6) is 0 Å². The van der Waals surface area contributed by atoms with E-state index in [1.807, 2.05) is 25.1 Å². The number of carbonyl (C=O) groups is 1. The van der Waals surface area contributed by atoms with Gasteiger partial charge in [-0.1, -0.05) is 25.0 Å². The summed E-state index contributed by atoms with van der Waals surface area (Å²) < 4.78 is 0. The lowest BCUT2D eigenvalue weighted by Crippen LogP contribution is -2.44. The van der Waals surface area contributed by atoms with Crippen molar-refractivity contribution in [1.82, 2.24) is 5.32 Å². The summed E-state index contributed by atoms with van der Waals surface area (Å²) in [5.41, 5.74) is 2.82. The number of hydrogen-bond acceptors (Lipinski definition) is 2. The van der Waals surface area contributed by atoms with Crippen LogP contribution >= 0.6 is 0 Å². The Morgan fingerprint density at radius 2 is 2.12 bits per heavy atom. The molecule has 1 atom stereocenters. The third kappa shape index (κ3) is 2.18. The predicted octanol–water partition coefficient (Wildman–Crippen LogP) is 2.67. The van der Waals surface area contributed by atoms with Crippen LogP contribution < -0.4 is 10.6 Å². The molecular weight excluding hydrogens is 200 g/mol. The highest BCUT2D eigenvalue weighted by Gasteiger charge is 2.22. The number of amides is 1. The second-order valence-corrected chi connectivity index (χ2v) is 4.36. The Hall–Kier alpha value is -1.51. The second kappa shape index (κ2) is 4.56. The third-order valence-electron chi connectivity index (χ3n) is 2.90. The summed E-state index contributed by atoms with van der Waals surface area (Å²) >= 11 is 0. The lowest BCUT2D eigenvalue weighted by atomic mass is 10.0. The van der Waals surface area contributed by atoms with E-state index in [9.17, 15) is 4.79 Å². The Balaban J connectivity index is 2.17. The van der Waals surface area contributed by atoms with Crippen molar-refractivity contribution in [2.24, 2.45) is 0 Å². The van der Waals surface area contributed by atoms with E-state index < -0.39 is 0 Å². The number of unbranched alkanes of at least 4 members (excludes halogenated alkanes) is 1. The Morgan fingerprint density at radius 3 is 2.88 bits per heavy atom. The first-order chi connectivity index (χ1) is 7.70. The lowest BCUT2D eigenvalue weighted by Gasteiger charge is -2.28. The predicted molar refractivity (Wildman–Crippen MR) is 65.6 cm³/mol. The van der Waals surface area contributed by atoms with Gasteiger partial charge in [0.2, 0.25) is 0 Å². The average molecular weight is 218 g/mol. The number of hydrogen-bond donors (Lipinski definition) is 2. The molecule has 0 fully saturated rings. The fraction of sp³-hybridized carbons (Fsp3) is 0.462. The monoisotopic (exact) mass is 218 g/mol. The maximum absolute atomic E-state index is 11.9. The zero-order valence-corrected chi connectivity index (χ0v) is 9.84. The van der Waals surface area contributed by atoms with E-state index >= 15 is 0 Å². The van der Waals surface area contributed by atoms with Gasteiger partial charge >= 0.3 is 0 Å². The van der Waals surface area contributed by atoms with Crippen molar-refractivity contribution >= 4 is 11.6 Å². The van der Waals surface area contributed by atoms with E-state index in [2.05, 4.69) is 17.6 Å². The smallest absolute Gasteiger partial charge is 0.254 e. The summed E-state index contributed by atoms with van der Waals surface area (Å²) in [6.07, 6.45) is 3.34. The summed E-state index contributed by atoms with van der Waals surface area (Å²) in [4.78, 5) is 11.9. The molecule has 1 aromatic rings. The highest BCUT2D eigenvalue weighted by molar-refractivity contribution is 6.01. The fourth-order valence-corrected chi connectivity index (χ4v) is 1.98. The summed E-state index contributed by atoms with van der Waals surface area (Å²) in [7, 11) is 0. The minimum atomic E-state index is 0.0403. The molecule has 86 valence electrons. The molecule has 1 unspecified atom stereocenters. The maximum atomic E-state index is 11.9. The summed E-state index contributed by atoms with van der Waals surface area (Å²) in [5, 5.41) is 6.34. The molecule has 0 aromatic heterocycles. The normalized spacial score (nSPS) is 18.6. The van der Waals surface area contributed by atoms with E-state index in [-0.39, 0.29) is 12.1 Å². The van der Waals surface area contributed by atoms with Crippen LogP contribution in [0.3, 0.4) is 0 Å². The van der Waals surface area contributed by atoms with E-state index in [1.165, 1.54) is 0 Å². The van der Waals surface area contributed by atoms with Crippen LogP contribution in [0.15, 0.2) is 18.2 Å². The largest absolute Gasteiger partial charge is 0.365 e. The first kappa shape index (κ1) is 11.0. The molecule has 0 aliphatic carbocycles. The molecule has 0 saturated heterocycles. The number of aryl methyl sites for hydroxylation is 1. The van der Waals surface area contributed by atoms with Crippen molar-refractivity contribution in [2.75, 3.05) is 5.32 Å². The zero-order valence-electron chi connectivity index (χ0n) is 9.84. The second-order valence-electron chi connectivity index (χ2n) is 4.36. The topological polar surface area (TPSA) is 41.1 Å². The molecule has 2 N–H and O–H groups in total. The zero-order chi connectivity index (χ0) is 11.5. The van der Waals surface area contributed by atoms with Gasteiger partial charge in [0, 0.05) is 5.69 Å². The van der Waals surface area contributed by atoms with Crippen molar-refractivity contribution in [3.8, 4) is 0 Å². The number of anilines is 1. The summed E-state index contributed by atoms with van der Waals surface area (Å²) in [5.74, 6) is 0.0403. The highest BCUT2D eigenvalue weighted by atomic mass is 16.2. The van der Waals surface area contributed by atoms with Gasteiger partial charge in [-0.3, -0.25) is 4.79 Å². The molecule has 3 heteroatoms. The van der Waals surface area contributed by atoms with Gasteiger partial charge in [0.1, 0.15) is 0 Å². The number of rotatable bonds is 3. The Bertz CT molecular complexity index is 401. The van der Waals surface area contributed by atoms with Crippen molar-refractivity contribution in [1.29, 1.82) is 0 Å². The molecule has 0 saturated carbocycles. The van der Waals surface area contributed by atoms with Gasteiger partial charge in [-0.05, 0) is 31.9 Å². The molecule has 3 nitrogen and oxygen atoms in total. The van der Waals surface area contributed by atoms with Crippen molar-refractivity contribution in [3.05, 3.63) is 29.3 Å². The van der Waals surface area contributed by atoms with Gasteiger partial charge < -0.3 is 10.6 Å². The van der Waals surface area contributed by atoms with Crippen LogP contribution in [0.1, 0.15) is 42.1 Å². The van der Waals surface area contributed by atoms with E-state index in [1.54, 1.807) is 0 Å². The van der Waals surface area contributed by atoms with Gasteiger partial charge in [-0.15, -0.1) is 0 Å². The first-order valence-corrected chi connectivity index (χ1v) is 5.88. The Kier molecular flexibility index (Phi) is 3.13. The molecule has 0 bridgehead atoms. The minimum absolute atomic E-state index is 0.0403. The molecule has 1 aliphatic rings. The van der Waals surface area contributed by atoms with E-state index in [4.69, 9.17) is 0 Å².